The summed E-state index contributed by atoms with van der Waals surface area (Å²) < 4.78 is 6.84. The van der Waals surface area contributed by atoms with Crippen molar-refractivity contribution in [3.05, 3.63) is 47.8 Å². The lowest BCUT2D eigenvalue weighted by molar-refractivity contribution is 0.0963. The van der Waals surface area contributed by atoms with Crippen LogP contribution in [0.5, 0.6) is 0 Å². The molecule has 0 saturated carbocycles. The highest BCUT2D eigenvalue weighted by atomic mass is 16.5. The lowest BCUT2D eigenvalue weighted by atomic mass is 10.1. The van der Waals surface area contributed by atoms with Gasteiger partial charge in [0.1, 0.15) is 0 Å². The molecule has 112 valence electrons. The molecule has 0 aliphatic heterocycles. The maximum Gasteiger partial charge on any atom is 0.251 e. The smallest absolute Gasteiger partial charge is 0.251 e. The minimum atomic E-state index is -0.0751. The first-order valence-electron chi connectivity index (χ1n) is 6.79. The van der Waals surface area contributed by atoms with Crippen molar-refractivity contribution in [2.24, 2.45) is 0 Å². The summed E-state index contributed by atoms with van der Waals surface area (Å²) in [7, 11) is 3.30. The first-order chi connectivity index (χ1) is 10.2. The first-order valence-corrected chi connectivity index (χ1v) is 6.79. The number of ether oxygens (including phenoxy) is 1. The summed E-state index contributed by atoms with van der Waals surface area (Å²) in [6.07, 6.45) is 3.73. The predicted molar refractivity (Wildman–Crippen MR) is 81.3 cm³/mol. The Hall–Kier alpha value is -2.34. The zero-order chi connectivity index (χ0) is 15.1. The highest BCUT2D eigenvalue weighted by Gasteiger charge is 2.03. The lowest BCUT2D eigenvalue weighted by Crippen LogP contribution is -2.17. The standard InChI is InChI=1S/C15H20N4O2/c1-16-15(20)13-5-3-12(4-6-13)9-17-14-10-18-19(11-14)7-8-21-2/h3-6,10-11,17H,7-9H2,1-2H3,(H,16,20). The Kier molecular flexibility index (Phi) is 5.34. The molecule has 0 radical (unpaired) electrons. The topological polar surface area (TPSA) is 68.2 Å². The SMILES string of the molecule is CNC(=O)c1ccc(CNc2cnn(CCOC)c2)cc1. The first kappa shape index (κ1) is 15.1. The van der Waals surface area contributed by atoms with E-state index in [2.05, 4.69) is 15.7 Å². The van der Waals surface area contributed by atoms with Crippen LogP contribution in [0.2, 0.25) is 0 Å². The summed E-state index contributed by atoms with van der Waals surface area (Å²) in [4.78, 5) is 11.4. The normalized spacial score (nSPS) is 10.4. The molecule has 2 rings (SSSR count). The number of benzene rings is 1. The molecule has 0 fully saturated rings. The average molecular weight is 288 g/mol. The van der Waals surface area contributed by atoms with Crippen molar-refractivity contribution < 1.29 is 9.53 Å². The van der Waals surface area contributed by atoms with Gasteiger partial charge < -0.3 is 15.4 Å². The maximum atomic E-state index is 11.4. The lowest BCUT2D eigenvalue weighted by Gasteiger charge is -2.05. The van der Waals surface area contributed by atoms with E-state index in [9.17, 15) is 4.79 Å². The number of amides is 1. The number of hydrogen-bond donors (Lipinski definition) is 2. The Morgan fingerprint density at radius 3 is 2.76 bits per heavy atom. The third-order valence-electron chi connectivity index (χ3n) is 3.10. The highest BCUT2D eigenvalue weighted by molar-refractivity contribution is 5.93. The Morgan fingerprint density at radius 2 is 2.10 bits per heavy atom. The van der Waals surface area contributed by atoms with Crippen molar-refractivity contribution in [2.45, 2.75) is 13.1 Å². The zero-order valence-electron chi connectivity index (χ0n) is 12.3. The summed E-state index contributed by atoms with van der Waals surface area (Å²) >= 11 is 0. The molecule has 21 heavy (non-hydrogen) atoms. The molecule has 0 aliphatic rings. The molecule has 1 aromatic heterocycles. The van der Waals surface area contributed by atoms with Gasteiger partial charge in [0.2, 0.25) is 0 Å². The number of hydrogen-bond acceptors (Lipinski definition) is 4. The van der Waals surface area contributed by atoms with Crippen LogP contribution < -0.4 is 10.6 Å². The van der Waals surface area contributed by atoms with E-state index < -0.39 is 0 Å². The number of methoxy groups -OCH3 is 1. The molecule has 0 aliphatic carbocycles. The maximum absolute atomic E-state index is 11.4. The fraction of sp³-hybridized carbons (Fsp3) is 0.333. The van der Waals surface area contributed by atoms with E-state index >= 15 is 0 Å². The molecule has 1 amide bonds. The highest BCUT2D eigenvalue weighted by Crippen LogP contribution is 2.09. The third-order valence-corrected chi connectivity index (χ3v) is 3.10. The second-order valence-corrected chi connectivity index (χ2v) is 4.61. The van der Waals surface area contributed by atoms with Crippen molar-refractivity contribution in [3.8, 4) is 0 Å². The van der Waals surface area contributed by atoms with Gasteiger partial charge in [-0.2, -0.15) is 5.10 Å². The third kappa shape index (κ3) is 4.32. The van der Waals surface area contributed by atoms with Gasteiger partial charge in [-0.3, -0.25) is 9.48 Å². The largest absolute Gasteiger partial charge is 0.383 e. The van der Waals surface area contributed by atoms with Gasteiger partial charge in [-0.25, -0.2) is 0 Å². The van der Waals surface area contributed by atoms with E-state index in [0.29, 0.717) is 18.7 Å². The molecule has 0 unspecified atom stereocenters. The molecule has 0 bridgehead atoms. The van der Waals surface area contributed by atoms with Gasteiger partial charge in [-0.05, 0) is 17.7 Å². The Labute approximate surface area is 124 Å². The molecule has 1 heterocycles. The monoisotopic (exact) mass is 288 g/mol. The molecule has 0 saturated heterocycles. The van der Waals surface area contributed by atoms with Gasteiger partial charge in [0.15, 0.2) is 0 Å². The molecular weight excluding hydrogens is 268 g/mol. The van der Waals surface area contributed by atoms with Crippen molar-refractivity contribution >= 4 is 11.6 Å². The molecule has 0 spiro atoms. The van der Waals surface area contributed by atoms with Crippen molar-refractivity contribution in [1.82, 2.24) is 15.1 Å². The quantitative estimate of drug-likeness (QED) is 0.810. The number of anilines is 1. The number of aromatic nitrogens is 2. The van der Waals surface area contributed by atoms with Crippen molar-refractivity contribution in [1.29, 1.82) is 0 Å². The number of carbonyl (C=O) groups excluding carboxylic acids is 1. The Balaban J connectivity index is 1.87. The Morgan fingerprint density at radius 1 is 1.33 bits per heavy atom. The molecule has 2 aromatic rings. The van der Waals surface area contributed by atoms with E-state index in [0.717, 1.165) is 17.8 Å². The summed E-state index contributed by atoms with van der Waals surface area (Å²) in [6.45, 7) is 2.06. The zero-order valence-corrected chi connectivity index (χ0v) is 12.3. The van der Waals surface area contributed by atoms with Crippen molar-refractivity contribution in [3.63, 3.8) is 0 Å². The second kappa shape index (κ2) is 7.44. The van der Waals surface area contributed by atoms with Crippen LogP contribution in [0.4, 0.5) is 5.69 Å². The van der Waals surface area contributed by atoms with Crippen LogP contribution in [-0.2, 0) is 17.8 Å². The molecule has 1 aromatic carbocycles. The van der Waals surface area contributed by atoms with Crippen LogP contribution in [0, 0.1) is 0 Å². The van der Waals surface area contributed by atoms with Gasteiger partial charge in [0.25, 0.3) is 5.91 Å². The van der Waals surface area contributed by atoms with Gasteiger partial charge in [0, 0.05) is 32.5 Å². The van der Waals surface area contributed by atoms with Crippen LogP contribution in [0.3, 0.4) is 0 Å². The van der Waals surface area contributed by atoms with E-state index in [4.69, 9.17) is 4.74 Å². The summed E-state index contributed by atoms with van der Waals surface area (Å²) in [6, 6.07) is 7.51. The van der Waals surface area contributed by atoms with Crippen LogP contribution in [0.15, 0.2) is 36.7 Å². The fourth-order valence-corrected chi connectivity index (χ4v) is 1.88. The minimum Gasteiger partial charge on any atom is -0.383 e. The van der Waals surface area contributed by atoms with E-state index in [1.165, 1.54) is 0 Å². The predicted octanol–water partition coefficient (Wildman–Crippen LogP) is 1.50. The van der Waals surface area contributed by atoms with Crippen LogP contribution >= 0.6 is 0 Å². The number of carbonyl (C=O) groups is 1. The Bertz CT molecular complexity index is 578. The number of nitrogens with zero attached hydrogens (tertiary/aromatic N) is 2. The summed E-state index contributed by atoms with van der Waals surface area (Å²) in [5.74, 6) is -0.0751. The molecule has 6 nitrogen and oxygen atoms in total. The summed E-state index contributed by atoms with van der Waals surface area (Å²) in [5, 5.41) is 10.1. The summed E-state index contributed by atoms with van der Waals surface area (Å²) in [5.41, 5.74) is 2.72. The van der Waals surface area contributed by atoms with E-state index in [1.807, 2.05) is 35.1 Å². The van der Waals surface area contributed by atoms with Crippen LogP contribution in [0.25, 0.3) is 0 Å². The van der Waals surface area contributed by atoms with Crippen molar-refractivity contribution in [2.75, 3.05) is 26.1 Å². The van der Waals surface area contributed by atoms with Gasteiger partial charge in [0.05, 0.1) is 25.0 Å². The molecule has 6 heteroatoms. The van der Waals surface area contributed by atoms with Gasteiger partial charge in [-0.1, -0.05) is 12.1 Å². The fourth-order valence-electron chi connectivity index (χ4n) is 1.88. The minimum absolute atomic E-state index is 0.0751. The molecule has 0 atom stereocenters. The van der Waals surface area contributed by atoms with E-state index in [1.54, 1.807) is 20.4 Å². The van der Waals surface area contributed by atoms with E-state index in [-0.39, 0.29) is 5.91 Å². The second-order valence-electron chi connectivity index (χ2n) is 4.61. The van der Waals surface area contributed by atoms with Crippen LogP contribution in [0.1, 0.15) is 15.9 Å². The van der Waals surface area contributed by atoms with Gasteiger partial charge >= 0.3 is 0 Å². The van der Waals surface area contributed by atoms with Gasteiger partial charge in [-0.15, -0.1) is 0 Å². The number of nitrogens with one attached hydrogen (secondary N) is 2. The molecular formula is C15H20N4O2. The molecule has 2 N–H and O–H groups in total. The average Bonchev–Trinajstić information content (AvgIpc) is 2.98. The number of rotatable bonds is 7. The van der Waals surface area contributed by atoms with Crippen LogP contribution in [-0.4, -0.2) is 36.5 Å².